The average Bonchev–Trinajstić information content (AvgIpc) is 2.85. The second-order valence-corrected chi connectivity index (χ2v) is 9.44. The fourth-order valence-electron chi connectivity index (χ4n) is 5.58. The van der Waals surface area contributed by atoms with Crippen LogP contribution < -0.4 is 5.32 Å². The summed E-state index contributed by atoms with van der Waals surface area (Å²) in [5.41, 5.74) is 5.18. The van der Waals surface area contributed by atoms with E-state index in [4.69, 9.17) is 9.98 Å². The first-order valence-electron chi connectivity index (χ1n) is 12.3. The molecule has 2 aromatic rings. The minimum Gasteiger partial charge on any atom is -0.299 e. The molecule has 1 saturated carbocycles. The zero-order valence-corrected chi connectivity index (χ0v) is 18.7. The molecule has 0 bridgehead atoms. The number of Topliss-reactive ketones (excluding diaryl/α,β-unsaturated/α-hetero) is 1. The summed E-state index contributed by atoms with van der Waals surface area (Å²) in [6, 6.07) is 19.5. The number of aliphatic imine (C=N–C) groups is 2. The van der Waals surface area contributed by atoms with Crippen molar-refractivity contribution in [2.75, 3.05) is 6.54 Å². The number of nitrogens with one attached hydrogen (secondary N) is 1. The largest absolute Gasteiger partial charge is 0.299 e. The Morgan fingerprint density at radius 3 is 2.69 bits per heavy atom. The molecule has 1 heterocycles. The van der Waals surface area contributed by atoms with E-state index >= 15 is 0 Å². The highest BCUT2D eigenvalue weighted by Crippen LogP contribution is 2.40. The lowest BCUT2D eigenvalue weighted by Crippen LogP contribution is -2.37. The standard InChI is InChI=1S/C28H33N3O/c32-26-16-7-4-12-21(26)13-8-9-17-29-28-30-19-22-18-25(20-10-2-1-3-11-20)23-14-5-6-15-24(23)27(22)31-28/h1-3,5-6,10-11,14-15,19,21-22,25,28-29H,4,7-9,12-13,16-18H2. The molecular formula is C28H33N3O. The van der Waals surface area contributed by atoms with E-state index < -0.39 is 0 Å². The van der Waals surface area contributed by atoms with Crippen molar-refractivity contribution in [1.29, 1.82) is 0 Å². The number of hydrogen-bond acceptors (Lipinski definition) is 4. The van der Waals surface area contributed by atoms with E-state index in [0.29, 0.717) is 17.6 Å². The smallest absolute Gasteiger partial charge is 0.193 e. The van der Waals surface area contributed by atoms with Crippen LogP contribution in [0.2, 0.25) is 0 Å². The Balaban J connectivity index is 1.21. The first-order chi connectivity index (χ1) is 15.8. The first-order valence-corrected chi connectivity index (χ1v) is 12.3. The Labute approximate surface area is 191 Å². The molecule has 1 aliphatic heterocycles. The molecule has 32 heavy (non-hydrogen) atoms. The molecule has 0 aromatic heterocycles. The van der Waals surface area contributed by atoms with Crippen molar-refractivity contribution < 1.29 is 4.79 Å². The Hall–Kier alpha value is -2.59. The number of carbonyl (C=O) groups is 1. The van der Waals surface area contributed by atoms with Crippen molar-refractivity contribution in [1.82, 2.24) is 5.32 Å². The summed E-state index contributed by atoms with van der Waals surface area (Å²) >= 11 is 0. The summed E-state index contributed by atoms with van der Waals surface area (Å²) in [6.45, 7) is 0.888. The van der Waals surface area contributed by atoms with E-state index in [1.807, 2.05) is 0 Å². The third-order valence-corrected chi connectivity index (χ3v) is 7.31. The van der Waals surface area contributed by atoms with E-state index in [2.05, 4.69) is 66.1 Å². The molecule has 0 amide bonds. The van der Waals surface area contributed by atoms with Crippen LogP contribution in [0.4, 0.5) is 0 Å². The van der Waals surface area contributed by atoms with Crippen LogP contribution in [0.5, 0.6) is 0 Å². The number of nitrogens with zero attached hydrogens (tertiary/aromatic N) is 2. The average molecular weight is 428 g/mol. The van der Waals surface area contributed by atoms with Crippen LogP contribution in [0.15, 0.2) is 64.6 Å². The number of benzene rings is 2. The first kappa shape index (κ1) is 21.3. The Kier molecular flexibility index (Phi) is 6.59. The molecule has 4 heteroatoms. The van der Waals surface area contributed by atoms with E-state index in [-0.39, 0.29) is 12.2 Å². The Morgan fingerprint density at radius 2 is 1.81 bits per heavy atom. The lowest BCUT2D eigenvalue weighted by atomic mass is 9.73. The van der Waals surface area contributed by atoms with Gasteiger partial charge in [-0.25, -0.2) is 4.99 Å². The number of ketones is 1. The van der Waals surface area contributed by atoms with Gasteiger partial charge in [0.2, 0.25) is 0 Å². The van der Waals surface area contributed by atoms with Gasteiger partial charge in [0, 0.05) is 36.0 Å². The maximum absolute atomic E-state index is 12.0. The Bertz CT molecular complexity index is 997. The van der Waals surface area contributed by atoms with Crippen molar-refractivity contribution in [3.8, 4) is 0 Å². The van der Waals surface area contributed by atoms with Gasteiger partial charge in [0.1, 0.15) is 5.78 Å². The molecule has 3 aliphatic rings. The van der Waals surface area contributed by atoms with Gasteiger partial charge in [-0.2, -0.15) is 0 Å². The van der Waals surface area contributed by atoms with E-state index in [0.717, 1.165) is 51.5 Å². The van der Waals surface area contributed by atoms with Crippen LogP contribution in [0, 0.1) is 11.8 Å². The van der Waals surface area contributed by atoms with Gasteiger partial charge in [0.25, 0.3) is 0 Å². The van der Waals surface area contributed by atoms with Crippen LogP contribution in [-0.2, 0) is 4.79 Å². The van der Waals surface area contributed by atoms with Gasteiger partial charge >= 0.3 is 0 Å². The van der Waals surface area contributed by atoms with Gasteiger partial charge in [-0.15, -0.1) is 0 Å². The molecular weight excluding hydrogens is 394 g/mol. The van der Waals surface area contributed by atoms with Crippen LogP contribution in [-0.4, -0.2) is 30.5 Å². The Morgan fingerprint density at radius 1 is 0.969 bits per heavy atom. The van der Waals surface area contributed by atoms with Crippen LogP contribution in [0.3, 0.4) is 0 Å². The third-order valence-electron chi connectivity index (χ3n) is 7.31. The van der Waals surface area contributed by atoms with Crippen molar-refractivity contribution in [3.05, 3.63) is 71.3 Å². The summed E-state index contributed by atoms with van der Waals surface area (Å²) in [7, 11) is 0. The molecule has 4 atom stereocenters. The van der Waals surface area contributed by atoms with Gasteiger partial charge < -0.3 is 0 Å². The zero-order valence-electron chi connectivity index (χ0n) is 18.7. The molecule has 1 N–H and O–H groups in total. The minimum atomic E-state index is -0.195. The normalized spacial score (nSPS) is 26.9. The van der Waals surface area contributed by atoms with E-state index in [9.17, 15) is 4.79 Å². The predicted molar refractivity (Wildman–Crippen MR) is 130 cm³/mol. The summed E-state index contributed by atoms with van der Waals surface area (Å²) in [5.74, 6) is 1.46. The summed E-state index contributed by atoms with van der Waals surface area (Å²) in [5, 5.41) is 3.51. The summed E-state index contributed by atoms with van der Waals surface area (Å²) < 4.78 is 0. The lowest BCUT2D eigenvalue weighted by Gasteiger charge is -2.34. The molecule has 5 rings (SSSR count). The molecule has 0 radical (unpaired) electrons. The second-order valence-electron chi connectivity index (χ2n) is 9.44. The highest BCUT2D eigenvalue weighted by Gasteiger charge is 2.34. The highest BCUT2D eigenvalue weighted by molar-refractivity contribution is 6.12. The maximum atomic E-state index is 12.0. The molecule has 2 aliphatic carbocycles. The minimum absolute atomic E-state index is 0.195. The predicted octanol–water partition coefficient (Wildman–Crippen LogP) is 5.51. The number of unbranched alkanes of at least 4 members (excludes halogenated alkanes) is 1. The maximum Gasteiger partial charge on any atom is 0.193 e. The monoisotopic (exact) mass is 427 g/mol. The highest BCUT2D eigenvalue weighted by atomic mass is 16.1. The second kappa shape index (κ2) is 9.91. The van der Waals surface area contributed by atoms with Gasteiger partial charge in [-0.1, -0.05) is 67.4 Å². The molecule has 1 fully saturated rings. The number of rotatable bonds is 7. The zero-order chi connectivity index (χ0) is 21.8. The summed E-state index contributed by atoms with van der Waals surface area (Å²) in [4.78, 5) is 21.8. The SMILES string of the molecule is O=C1CCCCC1CCCCNC1N=CC2CC(c3ccccc3)c3ccccc3C2=N1. The van der Waals surface area contributed by atoms with Crippen LogP contribution in [0.1, 0.15) is 74.0 Å². The van der Waals surface area contributed by atoms with Gasteiger partial charge in [0.15, 0.2) is 6.29 Å². The molecule has 4 unspecified atom stereocenters. The van der Waals surface area contributed by atoms with Crippen molar-refractivity contribution in [2.24, 2.45) is 21.8 Å². The number of hydrogen-bond donors (Lipinski definition) is 1. The van der Waals surface area contributed by atoms with Crippen molar-refractivity contribution in [3.63, 3.8) is 0 Å². The molecule has 166 valence electrons. The lowest BCUT2D eigenvalue weighted by molar-refractivity contribution is -0.124. The third kappa shape index (κ3) is 4.61. The molecule has 0 saturated heterocycles. The number of carbonyl (C=O) groups excluding carboxylic acids is 1. The molecule has 4 nitrogen and oxygen atoms in total. The molecule has 2 aromatic carbocycles. The quantitative estimate of drug-likeness (QED) is 0.592. The van der Waals surface area contributed by atoms with Crippen molar-refractivity contribution in [2.45, 2.75) is 63.6 Å². The van der Waals surface area contributed by atoms with Crippen molar-refractivity contribution >= 4 is 17.7 Å². The van der Waals surface area contributed by atoms with E-state index in [1.54, 1.807) is 0 Å². The fourth-order valence-corrected chi connectivity index (χ4v) is 5.58. The van der Waals surface area contributed by atoms with Gasteiger partial charge in [-0.3, -0.25) is 15.1 Å². The van der Waals surface area contributed by atoms with Crippen LogP contribution >= 0.6 is 0 Å². The molecule has 0 spiro atoms. The fraction of sp³-hybridized carbons (Fsp3) is 0.464. The van der Waals surface area contributed by atoms with Gasteiger partial charge in [-0.05, 0) is 49.8 Å². The number of fused-ring (bicyclic) bond motifs is 3. The van der Waals surface area contributed by atoms with E-state index in [1.165, 1.54) is 28.8 Å². The summed E-state index contributed by atoms with van der Waals surface area (Å²) in [6.07, 6.45) is 10.3. The van der Waals surface area contributed by atoms with Crippen LogP contribution in [0.25, 0.3) is 0 Å². The topological polar surface area (TPSA) is 53.8 Å². The van der Waals surface area contributed by atoms with Gasteiger partial charge in [0.05, 0.1) is 5.71 Å².